The second kappa shape index (κ2) is 30.6. The minimum absolute atomic E-state index is 0. The van der Waals surface area contributed by atoms with Gasteiger partial charge in [0, 0.05) is 11.0 Å². The second-order valence-corrected chi connectivity index (χ2v) is 4.20. The Labute approximate surface area is 133 Å². The molecule has 0 saturated heterocycles. The largest absolute Gasteiger partial charge is 4.00 e. The molecule has 0 atom stereocenters. The summed E-state index contributed by atoms with van der Waals surface area (Å²) in [5, 5.41) is 38.1. The summed E-state index contributed by atoms with van der Waals surface area (Å²) in [5.74, 6) is 0. The Balaban J connectivity index is -0.0000000257. The van der Waals surface area contributed by atoms with Gasteiger partial charge in [-0.1, -0.05) is 55.4 Å². The van der Waals surface area contributed by atoms with E-state index in [1.165, 1.54) is 0 Å². The van der Waals surface area contributed by atoms with E-state index in [9.17, 15) is 20.4 Å². The molecule has 0 saturated carbocycles. The summed E-state index contributed by atoms with van der Waals surface area (Å²) in [6.07, 6.45) is -1.67. The molecule has 0 aliphatic carbocycles. The third kappa shape index (κ3) is 7010. The molecule has 0 unspecified atom stereocenters. The maximum Gasteiger partial charge on any atom is 4.00 e. The van der Waals surface area contributed by atoms with E-state index in [1.54, 1.807) is 55.4 Å². The Kier molecular flexibility index (Phi) is 61.9. The third-order valence-corrected chi connectivity index (χ3v) is 0. The van der Waals surface area contributed by atoms with Gasteiger partial charge in [0.2, 0.25) is 0 Å². The van der Waals surface area contributed by atoms with Crippen LogP contribution in [0.2, 0.25) is 0 Å². The van der Waals surface area contributed by atoms with E-state index >= 15 is 0 Å². The molecule has 0 aromatic heterocycles. The third-order valence-electron chi connectivity index (χ3n) is 0. The van der Waals surface area contributed by atoms with Crippen LogP contribution in [0.3, 0.4) is 0 Å². The minimum Gasteiger partial charge on any atom is -0.852 e. The van der Waals surface area contributed by atoms with Crippen LogP contribution in [0.25, 0.3) is 0 Å². The Morgan fingerprint density at radius 2 is 0.444 bits per heavy atom. The SMILES string of the molecule is CC(C)[O-].CC(C)[O-].CC(C)[O-].CC(C)[O-].[Si].[Ti+4]. The summed E-state index contributed by atoms with van der Waals surface area (Å²) < 4.78 is 0. The molecule has 18 heavy (non-hydrogen) atoms. The molecule has 0 aromatic rings. The predicted octanol–water partition coefficient (Wildman–Crippen LogP) is -1.36. The zero-order valence-corrected chi connectivity index (χ0v) is 15.5. The normalized spacial score (nSPS) is 8.00. The van der Waals surface area contributed by atoms with Crippen molar-refractivity contribution in [2.75, 3.05) is 0 Å². The first kappa shape index (κ1) is 36.3. The fraction of sp³-hybridized carbons (Fsp3) is 1.00. The van der Waals surface area contributed by atoms with Crippen molar-refractivity contribution in [3.63, 3.8) is 0 Å². The first-order chi connectivity index (χ1) is 6.93. The van der Waals surface area contributed by atoms with Crippen LogP contribution in [0.1, 0.15) is 55.4 Å². The fourth-order valence-electron chi connectivity index (χ4n) is 0. The van der Waals surface area contributed by atoms with Gasteiger partial charge in [0.25, 0.3) is 0 Å². The van der Waals surface area contributed by atoms with Gasteiger partial charge >= 0.3 is 21.7 Å². The molecule has 0 rings (SSSR count). The van der Waals surface area contributed by atoms with Gasteiger partial charge in [-0.05, 0) is 0 Å². The van der Waals surface area contributed by atoms with Crippen molar-refractivity contribution in [2.24, 2.45) is 0 Å². The summed E-state index contributed by atoms with van der Waals surface area (Å²) in [7, 11) is 0. The predicted molar refractivity (Wildman–Crippen MR) is 66.3 cm³/mol. The van der Waals surface area contributed by atoms with Crippen molar-refractivity contribution in [1.82, 2.24) is 0 Å². The van der Waals surface area contributed by atoms with Gasteiger partial charge in [-0.2, -0.15) is 0 Å². The molecule has 4 radical (unpaired) electrons. The molecule has 0 bridgehead atoms. The van der Waals surface area contributed by atoms with Crippen molar-refractivity contribution in [3.8, 4) is 0 Å². The van der Waals surface area contributed by atoms with Crippen LogP contribution in [-0.4, -0.2) is 35.4 Å². The standard InChI is InChI=1S/4C3H7O.Si.Ti/c4*1-3(2)4;;/h4*3H,1-2H3;;/q4*-1;;+4. The molecule has 4 nitrogen and oxygen atoms in total. The van der Waals surface area contributed by atoms with Crippen LogP contribution in [0.15, 0.2) is 0 Å². The molecular formula is C12H28O4SiTi. The van der Waals surface area contributed by atoms with Crippen LogP contribution in [0, 0.1) is 0 Å². The Morgan fingerprint density at radius 3 is 0.444 bits per heavy atom. The molecule has 0 N–H and O–H groups in total. The topological polar surface area (TPSA) is 92.2 Å². The van der Waals surface area contributed by atoms with Gasteiger partial charge in [0.05, 0.1) is 0 Å². The number of hydrogen-bond donors (Lipinski definition) is 0. The Bertz CT molecular complexity index is 67.1. The van der Waals surface area contributed by atoms with Gasteiger partial charge in [0.1, 0.15) is 0 Å². The Hall–Kier alpha value is 0.771. The van der Waals surface area contributed by atoms with Crippen molar-refractivity contribution in [1.29, 1.82) is 0 Å². The van der Waals surface area contributed by atoms with E-state index in [0.717, 1.165) is 0 Å². The van der Waals surface area contributed by atoms with E-state index in [0.29, 0.717) is 0 Å². The van der Waals surface area contributed by atoms with Crippen molar-refractivity contribution < 1.29 is 42.1 Å². The van der Waals surface area contributed by atoms with Crippen molar-refractivity contribution >= 4 is 11.0 Å². The zero-order chi connectivity index (χ0) is 14.3. The van der Waals surface area contributed by atoms with Crippen molar-refractivity contribution in [3.05, 3.63) is 0 Å². The van der Waals surface area contributed by atoms with E-state index in [4.69, 9.17) is 0 Å². The summed E-state index contributed by atoms with van der Waals surface area (Å²) >= 11 is 0. The minimum atomic E-state index is -0.417. The first-order valence-corrected chi connectivity index (χ1v) is 5.56. The molecule has 108 valence electrons. The quantitative estimate of drug-likeness (QED) is 0.516. The van der Waals surface area contributed by atoms with Crippen molar-refractivity contribution in [2.45, 2.75) is 79.8 Å². The van der Waals surface area contributed by atoms with Gasteiger partial charge in [-0.3, -0.25) is 0 Å². The molecule has 0 aliphatic rings. The van der Waals surface area contributed by atoms with E-state index in [-0.39, 0.29) is 32.7 Å². The Morgan fingerprint density at radius 1 is 0.444 bits per heavy atom. The molecule has 0 spiro atoms. The van der Waals surface area contributed by atoms with Gasteiger partial charge in [-0.25, -0.2) is 0 Å². The van der Waals surface area contributed by atoms with Crippen LogP contribution < -0.4 is 20.4 Å². The smallest absolute Gasteiger partial charge is 0.852 e. The van der Waals surface area contributed by atoms with E-state index in [2.05, 4.69) is 0 Å². The van der Waals surface area contributed by atoms with Gasteiger partial charge in [0.15, 0.2) is 0 Å². The van der Waals surface area contributed by atoms with Gasteiger partial charge in [-0.15, -0.1) is 24.4 Å². The molecule has 0 fully saturated rings. The fourth-order valence-corrected chi connectivity index (χ4v) is 0. The molecular weight excluding hydrogens is 284 g/mol. The summed E-state index contributed by atoms with van der Waals surface area (Å²) in [6.45, 7) is 12.9. The maximum absolute atomic E-state index is 9.53. The van der Waals surface area contributed by atoms with Crippen LogP contribution in [0.5, 0.6) is 0 Å². The molecule has 0 aromatic carbocycles. The van der Waals surface area contributed by atoms with E-state index in [1.807, 2.05) is 0 Å². The van der Waals surface area contributed by atoms with Crippen LogP contribution >= 0.6 is 0 Å². The average Bonchev–Trinajstić information content (AvgIpc) is 1.76. The summed E-state index contributed by atoms with van der Waals surface area (Å²) in [6, 6.07) is 0. The number of rotatable bonds is 0. The first-order valence-electron chi connectivity index (χ1n) is 5.56. The summed E-state index contributed by atoms with van der Waals surface area (Å²) in [5.41, 5.74) is 0. The molecule has 0 aliphatic heterocycles. The van der Waals surface area contributed by atoms with Crippen LogP contribution in [0.4, 0.5) is 0 Å². The summed E-state index contributed by atoms with van der Waals surface area (Å²) in [4.78, 5) is 0. The molecule has 6 heteroatoms. The van der Waals surface area contributed by atoms with Gasteiger partial charge < -0.3 is 20.4 Å². The average molecular weight is 312 g/mol. The molecule has 0 amide bonds. The molecule has 0 heterocycles. The second-order valence-electron chi connectivity index (χ2n) is 4.20. The monoisotopic (exact) mass is 312 g/mol. The van der Waals surface area contributed by atoms with Crippen LogP contribution in [-0.2, 0) is 21.7 Å². The maximum atomic E-state index is 9.53. The number of hydrogen-bond acceptors (Lipinski definition) is 4. The zero-order valence-electron chi connectivity index (χ0n) is 12.9. The van der Waals surface area contributed by atoms with E-state index < -0.39 is 24.4 Å².